The fourth-order valence-electron chi connectivity index (χ4n) is 2.07. The zero-order valence-electron chi connectivity index (χ0n) is 12.8. The van der Waals surface area contributed by atoms with E-state index in [-0.39, 0.29) is 18.8 Å². The van der Waals surface area contributed by atoms with E-state index in [2.05, 4.69) is 20.9 Å². The standard InChI is InChI=1S/C17H12BrClN2O4/c18-11-1-4-14(5-2-11)24-10-17(23)25-9-13-7-16(22)21-8-12(19)3-6-15(21)20-13/h1-8H,9-10H2. The van der Waals surface area contributed by atoms with E-state index in [4.69, 9.17) is 21.1 Å². The van der Waals surface area contributed by atoms with Crippen molar-refractivity contribution in [2.75, 3.05) is 6.61 Å². The van der Waals surface area contributed by atoms with Crippen LogP contribution in [0.25, 0.3) is 5.65 Å². The van der Waals surface area contributed by atoms with Gasteiger partial charge in [-0.2, -0.15) is 0 Å². The van der Waals surface area contributed by atoms with Crippen LogP contribution in [0.2, 0.25) is 5.02 Å². The number of pyridine rings is 1. The lowest BCUT2D eigenvalue weighted by molar-refractivity contribution is -0.147. The number of ether oxygens (including phenoxy) is 2. The molecule has 0 bridgehead atoms. The molecule has 3 rings (SSSR count). The van der Waals surface area contributed by atoms with Gasteiger partial charge in [0.15, 0.2) is 6.61 Å². The van der Waals surface area contributed by atoms with Crippen molar-refractivity contribution in [2.45, 2.75) is 6.61 Å². The average molecular weight is 424 g/mol. The summed E-state index contributed by atoms with van der Waals surface area (Å²) in [5, 5.41) is 0.431. The molecule has 0 amide bonds. The second kappa shape index (κ2) is 7.67. The molecule has 0 aliphatic rings. The van der Waals surface area contributed by atoms with Crippen molar-refractivity contribution in [3.63, 3.8) is 0 Å². The molecule has 0 fully saturated rings. The van der Waals surface area contributed by atoms with Gasteiger partial charge in [-0.3, -0.25) is 9.20 Å². The van der Waals surface area contributed by atoms with Crippen LogP contribution in [0.3, 0.4) is 0 Å². The van der Waals surface area contributed by atoms with E-state index in [1.807, 2.05) is 0 Å². The molecule has 0 saturated heterocycles. The lowest BCUT2D eigenvalue weighted by atomic mass is 10.3. The van der Waals surface area contributed by atoms with Gasteiger partial charge in [-0.05, 0) is 36.4 Å². The maximum Gasteiger partial charge on any atom is 0.344 e. The summed E-state index contributed by atoms with van der Waals surface area (Å²) in [5.41, 5.74) is 0.475. The maximum atomic E-state index is 12.0. The van der Waals surface area contributed by atoms with Crippen molar-refractivity contribution >= 4 is 39.1 Å². The van der Waals surface area contributed by atoms with Crippen molar-refractivity contribution in [1.82, 2.24) is 9.38 Å². The van der Waals surface area contributed by atoms with E-state index in [0.717, 1.165) is 4.47 Å². The summed E-state index contributed by atoms with van der Waals surface area (Å²) in [6, 6.07) is 11.6. The number of carbonyl (C=O) groups is 1. The zero-order valence-corrected chi connectivity index (χ0v) is 15.2. The molecule has 0 unspecified atom stereocenters. The minimum absolute atomic E-state index is 0.114. The smallest absolute Gasteiger partial charge is 0.344 e. The number of nitrogens with zero attached hydrogens (tertiary/aromatic N) is 2. The number of carbonyl (C=O) groups excluding carboxylic acids is 1. The Bertz CT molecular complexity index is 973. The van der Waals surface area contributed by atoms with E-state index in [1.54, 1.807) is 36.4 Å². The molecule has 8 heteroatoms. The summed E-state index contributed by atoms with van der Waals surface area (Å²) in [5.74, 6) is 0.000118. The Hall–Kier alpha value is -2.38. The Kier molecular flexibility index (Phi) is 5.35. The van der Waals surface area contributed by atoms with Gasteiger partial charge in [0.05, 0.1) is 10.7 Å². The number of hydrogen-bond donors (Lipinski definition) is 0. The molecule has 0 radical (unpaired) electrons. The molecule has 6 nitrogen and oxygen atoms in total. The molecule has 0 spiro atoms. The fraction of sp³-hybridized carbons (Fsp3) is 0.118. The highest BCUT2D eigenvalue weighted by molar-refractivity contribution is 9.10. The number of rotatable bonds is 5. The van der Waals surface area contributed by atoms with Crippen LogP contribution in [0.1, 0.15) is 5.69 Å². The largest absolute Gasteiger partial charge is 0.482 e. The summed E-state index contributed by atoms with van der Waals surface area (Å²) in [4.78, 5) is 28.1. The van der Waals surface area contributed by atoms with Crippen molar-refractivity contribution in [3.8, 4) is 5.75 Å². The zero-order chi connectivity index (χ0) is 17.8. The van der Waals surface area contributed by atoms with Gasteiger partial charge in [-0.25, -0.2) is 9.78 Å². The average Bonchev–Trinajstić information content (AvgIpc) is 2.60. The Morgan fingerprint density at radius 2 is 1.96 bits per heavy atom. The first-order chi connectivity index (χ1) is 12.0. The molecule has 0 atom stereocenters. The second-order valence-electron chi connectivity index (χ2n) is 5.06. The molecule has 0 aliphatic heterocycles. The predicted octanol–water partition coefficient (Wildman–Crippen LogP) is 3.23. The molecule has 0 saturated carbocycles. The molecule has 2 aromatic heterocycles. The first-order valence-electron chi connectivity index (χ1n) is 7.23. The van der Waals surface area contributed by atoms with Gasteiger partial charge in [0.1, 0.15) is 18.0 Å². The first kappa shape index (κ1) is 17.4. The normalized spacial score (nSPS) is 10.6. The van der Waals surface area contributed by atoms with Gasteiger partial charge >= 0.3 is 5.97 Å². The van der Waals surface area contributed by atoms with E-state index < -0.39 is 5.97 Å². The van der Waals surface area contributed by atoms with Crippen molar-refractivity contribution in [1.29, 1.82) is 0 Å². The van der Waals surface area contributed by atoms with Crippen LogP contribution in [-0.4, -0.2) is 22.0 Å². The van der Waals surface area contributed by atoms with E-state index in [1.165, 1.54) is 16.7 Å². The van der Waals surface area contributed by atoms with E-state index >= 15 is 0 Å². The van der Waals surface area contributed by atoms with Gasteiger partial charge < -0.3 is 9.47 Å². The molecular weight excluding hydrogens is 412 g/mol. The molecule has 0 aliphatic carbocycles. The number of fused-ring (bicyclic) bond motifs is 1. The Labute approximate surface area is 156 Å². The summed E-state index contributed by atoms with van der Waals surface area (Å²) in [6.07, 6.45) is 1.48. The molecule has 3 aromatic rings. The van der Waals surface area contributed by atoms with Crippen LogP contribution in [0, 0.1) is 0 Å². The van der Waals surface area contributed by atoms with Crippen LogP contribution in [-0.2, 0) is 16.1 Å². The number of benzene rings is 1. The second-order valence-corrected chi connectivity index (χ2v) is 6.42. The van der Waals surface area contributed by atoms with Crippen LogP contribution in [0.4, 0.5) is 0 Å². The van der Waals surface area contributed by atoms with Crippen LogP contribution >= 0.6 is 27.5 Å². The lowest BCUT2D eigenvalue weighted by Gasteiger charge is -2.08. The molecule has 25 heavy (non-hydrogen) atoms. The molecule has 2 heterocycles. The number of halogens is 2. The summed E-state index contributed by atoms with van der Waals surface area (Å²) in [7, 11) is 0. The monoisotopic (exact) mass is 422 g/mol. The van der Waals surface area contributed by atoms with Crippen molar-refractivity contribution in [3.05, 3.63) is 74.2 Å². The van der Waals surface area contributed by atoms with Gasteiger partial charge in [-0.1, -0.05) is 27.5 Å². The summed E-state index contributed by atoms with van der Waals surface area (Å²) < 4.78 is 12.7. The van der Waals surface area contributed by atoms with Gasteiger partial charge in [-0.15, -0.1) is 0 Å². The highest BCUT2D eigenvalue weighted by Crippen LogP contribution is 2.16. The first-order valence-corrected chi connectivity index (χ1v) is 8.40. The third-order valence-electron chi connectivity index (χ3n) is 3.23. The minimum Gasteiger partial charge on any atom is -0.482 e. The summed E-state index contributed by atoms with van der Waals surface area (Å²) in [6.45, 7) is -0.347. The SMILES string of the molecule is O=C(COc1ccc(Br)cc1)OCc1cc(=O)n2cc(Cl)ccc2n1. The molecule has 128 valence electrons. The summed E-state index contributed by atoms with van der Waals surface area (Å²) >= 11 is 9.17. The van der Waals surface area contributed by atoms with Crippen LogP contribution in [0.15, 0.2) is 57.9 Å². The minimum atomic E-state index is -0.555. The van der Waals surface area contributed by atoms with E-state index in [0.29, 0.717) is 22.1 Å². The highest BCUT2D eigenvalue weighted by Gasteiger charge is 2.08. The Morgan fingerprint density at radius 1 is 1.20 bits per heavy atom. The Balaban J connectivity index is 1.60. The quantitative estimate of drug-likeness (QED) is 0.589. The van der Waals surface area contributed by atoms with Gasteiger partial charge in [0.2, 0.25) is 0 Å². The van der Waals surface area contributed by atoms with Gasteiger partial charge in [0, 0.05) is 16.7 Å². The number of hydrogen-bond acceptors (Lipinski definition) is 5. The number of esters is 1. The topological polar surface area (TPSA) is 69.9 Å². The highest BCUT2D eigenvalue weighted by atomic mass is 79.9. The van der Waals surface area contributed by atoms with E-state index in [9.17, 15) is 9.59 Å². The molecular formula is C17H12BrClN2O4. The lowest BCUT2D eigenvalue weighted by Crippen LogP contribution is -2.18. The van der Waals surface area contributed by atoms with Crippen molar-refractivity contribution in [2.24, 2.45) is 0 Å². The molecule has 0 N–H and O–H groups in total. The third-order valence-corrected chi connectivity index (χ3v) is 3.98. The van der Waals surface area contributed by atoms with Crippen LogP contribution < -0.4 is 10.3 Å². The van der Waals surface area contributed by atoms with Crippen molar-refractivity contribution < 1.29 is 14.3 Å². The maximum absolute atomic E-state index is 12.0. The number of aromatic nitrogens is 2. The fourth-order valence-corrected chi connectivity index (χ4v) is 2.49. The third kappa shape index (κ3) is 4.58. The van der Waals surface area contributed by atoms with Crippen LogP contribution in [0.5, 0.6) is 5.75 Å². The van der Waals surface area contributed by atoms with Gasteiger partial charge in [0.25, 0.3) is 5.56 Å². The predicted molar refractivity (Wildman–Crippen MR) is 95.9 cm³/mol. The molecule has 1 aromatic carbocycles. The Morgan fingerprint density at radius 3 is 2.72 bits per heavy atom.